The average molecular weight is 726 g/mol. The molecule has 2 aromatic heterocycles. The summed E-state index contributed by atoms with van der Waals surface area (Å²) in [7, 11) is -17.8. The number of hydrogen-bond donors (Lipinski definition) is 6. The Morgan fingerprint density at radius 1 is 1.15 bits per heavy atom. The fourth-order valence-electron chi connectivity index (χ4n) is 4.78. The van der Waals surface area contributed by atoms with Gasteiger partial charge in [-0.3, -0.25) is 37.3 Å². The summed E-state index contributed by atoms with van der Waals surface area (Å²) in [5, 5.41) is 10.4. The predicted octanol–water partition coefficient (Wildman–Crippen LogP) is 0.724. The number of alkyl halides is 1. The predicted molar refractivity (Wildman–Crippen MR) is 156 cm³/mol. The maximum atomic E-state index is 15.2. The van der Waals surface area contributed by atoms with Crippen LogP contribution in [0.4, 0.5) is 10.3 Å². The first-order valence-corrected chi connectivity index (χ1v) is 18.5. The molecule has 2 aliphatic rings. The number of phosphoric ester groups is 1. The van der Waals surface area contributed by atoms with Gasteiger partial charge < -0.3 is 39.9 Å². The second kappa shape index (κ2) is 13.9. The lowest BCUT2D eigenvalue weighted by Gasteiger charge is -2.31. The van der Waals surface area contributed by atoms with Crippen LogP contribution in [0.25, 0.3) is 11.2 Å². The van der Waals surface area contributed by atoms with Crippen molar-refractivity contribution in [2.75, 3.05) is 38.6 Å². The molecule has 3 aromatic rings. The van der Waals surface area contributed by atoms with Crippen LogP contribution in [0.3, 0.4) is 0 Å². The Hall–Kier alpha value is -2.90. The van der Waals surface area contributed by atoms with Crippen molar-refractivity contribution >= 4 is 46.0 Å². The van der Waals surface area contributed by atoms with Gasteiger partial charge in [-0.15, -0.1) is 0 Å². The molecule has 0 aliphatic carbocycles. The molecule has 20 nitrogen and oxygen atoms in total. The van der Waals surface area contributed by atoms with E-state index in [0.29, 0.717) is 0 Å². The number of carbonyl (C=O) groups is 1. The van der Waals surface area contributed by atoms with Gasteiger partial charge in [0.25, 0.3) is 11.5 Å². The topological polar surface area (TPSA) is 288 Å². The fourth-order valence-corrected chi connectivity index (χ4v) is 9.43. The summed E-state index contributed by atoms with van der Waals surface area (Å²) >= 11 is 0. The molecule has 0 bridgehead atoms. The lowest BCUT2D eigenvalue weighted by molar-refractivity contribution is -0.143. The first-order valence-electron chi connectivity index (χ1n) is 13.7. The van der Waals surface area contributed by atoms with Gasteiger partial charge in [-0.2, -0.15) is 4.98 Å². The number of nitrogens with one attached hydrogen (secondary N) is 1. The van der Waals surface area contributed by atoms with Gasteiger partial charge in [-0.25, -0.2) is 18.3 Å². The van der Waals surface area contributed by atoms with Crippen LogP contribution in [-0.2, 0) is 41.3 Å². The van der Waals surface area contributed by atoms with Gasteiger partial charge in [0, 0.05) is 19.5 Å². The Bertz CT molecular complexity index is 1810. The van der Waals surface area contributed by atoms with E-state index in [0.717, 1.165) is 0 Å². The molecule has 258 valence electrons. The molecule has 0 saturated carbocycles. The van der Waals surface area contributed by atoms with Gasteiger partial charge in [-0.05, 0) is 5.56 Å². The Labute approximate surface area is 263 Å². The molecule has 2 fully saturated rings. The van der Waals surface area contributed by atoms with Gasteiger partial charge in [0.15, 0.2) is 17.3 Å². The number of nitrogen functional groups attached to an aromatic ring is 1. The number of imidazole rings is 1. The number of nitrogens with two attached hydrogens (primary N) is 1. The molecule has 7 N–H and O–H groups in total. The lowest BCUT2D eigenvalue weighted by atomic mass is 10.1. The highest BCUT2D eigenvalue weighted by atomic mass is 31.3. The van der Waals surface area contributed by atoms with Gasteiger partial charge in [0.05, 0.1) is 32.3 Å². The molecule has 0 spiro atoms. The molecule has 6 unspecified atom stereocenters. The second-order valence-corrected chi connectivity index (χ2v) is 16.0. The average Bonchev–Trinajstić information content (AvgIpc) is 3.61. The number of aromatic nitrogens is 4. The number of hydrogen-bond acceptors (Lipinski definition) is 14. The van der Waals surface area contributed by atoms with E-state index in [1.165, 1.54) is 40.1 Å². The number of amides is 1. The van der Waals surface area contributed by atoms with Crippen molar-refractivity contribution in [3.05, 3.63) is 52.6 Å². The second-order valence-electron chi connectivity index (χ2n) is 10.3. The first kappa shape index (κ1) is 35.4. The van der Waals surface area contributed by atoms with E-state index in [9.17, 15) is 43.1 Å². The number of H-pyrrole nitrogens is 1. The molecule has 1 amide bonds. The number of benzene rings is 1. The van der Waals surface area contributed by atoms with Crippen molar-refractivity contribution in [3.63, 3.8) is 0 Å². The van der Waals surface area contributed by atoms with Crippen molar-refractivity contribution in [2.24, 2.45) is 0 Å². The molecule has 5 rings (SSSR count). The van der Waals surface area contributed by atoms with Crippen LogP contribution in [0.2, 0.25) is 0 Å². The summed E-state index contributed by atoms with van der Waals surface area (Å²) in [6, 6.07) is 7.17. The number of aliphatic hydroxyl groups is 1. The number of phosphoric acid groups is 1. The monoisotopic (exact) mass is 726 g/mol. The quantitative estimate of drug-likeness (QED) is 0.140. The summed E-state index contributed by atoms with van der Waals surface area (Å²) in [5.74, 6) is -1.09. The number of ether oxygens (including phenoxy) is 2. The van der Waals surface area contributed by atoms with Crippen molar-refractivity contribution in [2.45, 2.75) is 36.6 Å². The third-order valence-electron chi connectivity index (χ3n) is 7.03. The zero-order chi connectivity index (χ0) is 34.1. The largest absolute Gasteiger partial charge is 0.479 e. The maximum Gasteiger partial charge on any atom is 0.479 e. The highest BCUT2D eigenvalue weighted by Gasteiger charge is 2.54. The third-order valence-corrected chi connectivity index (χ3v) is 12.6. The summed E-state index contributed by atoms with van der Waals surface area (Å²) in [5.41, 5.74) is 1.04. The van der Waals surface area contributed by atoms with E-state index in [1.54, 1.807) is 6.07 Å². The van der Waals surface area contributed by atoms with Gasteiger partial charge in [-0.1, -0.05) is 30.3 Å². The Balaban J connectivity index is 1.24. The molecule has 2 saturated heterocycles. The van der Waals surface area contributed by atoms with Gasteiger partial charge in [0.2, 0.25) is 5.95 Å². The van der Waals surface area contributed by atoms with Gasteiger partial charge >= 0.3 is 28.7 Å². The summed E-state index contributed by atoms with van der Waals surface area (Å²) in [6.45, 7) is -0.491. The number of anilines is 1. The van der Waals surface area contributed by atoms with Crippen molar-refractivity contribution in [3.8, 4) is 0 Å². The summed E-state index contributed by atoms with van der Waals surface area (Å²) < 4.78 is 79.2. The normalized spacial score (nSPS) is 25.5. The Morgan fingerprint density at radius 2 is 1.83 bits per heavy atom. The van der Waals surface area contributed by atoms with Crippen molar-refractivity contribution in [1.29, 1.82) is 0 Å². The minimum absolute atomic E-state index is 0.00758. The highest BCUT2D eigenvalue weighted by Crippen LogP contribution is 2.72. The number of rotatable bonds is 12. The number of aromatic amines is 1. The van der Waals surface area contributed by atoms with E-state index in [-0.39, 0.29) is 55.4 Å². The maximum absolute atomic E-state index is 15.2. The van der Waals surface area contributed by atoms with Crippen molar-refractivity contribution in [1.82, 2.24) is 24.4 Å². The molecular formula is C23H30FN6O14P3. The number of fused-ring (bicyclic) bond motifs is 1. The van der Waals surface area contributed by atoms with E-state index in [1.807, 2.05) is 0 Å². The molecule has 47 heavy (non-hydrogen) atoms. The fraction of sp³-hybridized carbons (Fsp3) is 0.478. The number of halogens is 1. The summed E-state index contributed by atoms with van der Waals surface area (Å²) in [6.07, 6.45) is -4.64. The zero-order valence-electron chi connectivity index (χ0n) is 24.1. The SMILES string of the molecule is Nc1nc2c(ncn2C2CC(O)C(COP(=O)(O)OP(=O)(O)[C@H](F)P(=O)(O)O[C@H](C(=O)N3CCOCC3)c3ccccc3)O2)c(=O)[nH]1. The molecule has 24 heteroatoms. The van der Waals surface area contributed by atoms with Crippen LogP contribution >= 0.6 is 23.0 Å². The van der Waals surface area contributed by atoms with E-state index in [2.05, 4.69) is 23.8 Å². The van der Waals surface area contributed by atoms with Crippen molar-refractivity contribution < 1.29 is 65.5 Å². The number of morpholine rings is 1. The van der Waals surface area contributed by atoms with Crippen LogP contribution in [0, 0.1) is 0 Å². The van der Waals surface area contributed by atoms with E-state index >= 15 is 4.39 Å². The van der Waals surface area contributed by atoms with Crippen LogP contribution < -0.4 is 11.3 Å². The van der Waals surface area contributed by atoms with Crippen LogP contribution in [-0.4, -0.2) is 101 Å². The molecule has 8 atom stereocenters. The molecular weight excluding hydrogens is 696 g/mol. The van der Waals surface area contributed by atoms with Crippen LogP contribution in [0.15, 0.2) is 41.5 Å². The van der Waals surface area contributed by atoms with E-state index < -0.39 is 71.3 Å². The van der Waals surface area contributed by atoms with E-state index in [4.69, 9.17) is 19.7 Å². The third kappa shape index (κ3) is 8.05. The Morgan fingerprint density at radius 3 is 2.51 bits per heavy atom. The van der Waals surface area contributed by atoms with Crippen LogP contribution in [0.1, 0.15) is 24.3 Å². The Kier molecular flexibility index (Phi) is 10.5. The standard InChI is InChI=1S/C23H30FN6O14P3/c24-22(45(34,35)43-18(13-4-2-1-3-5-13)21(33)29-6-8-40-9-7-29)46(36,37)44-47(38,39)41-11-15-14(31)10-16(42-15)30-12-26-17-19(30)27-23(25)28-20(17)32/h1-5,12,14-16,18,22,31H,6-11H2,(H,34,35)(H,36,37)(H,38,39)(H3,25,27,28,32)/t14?,15?,16?,18-,22+/m0/s1. The highest BCUT2D eigenvalue weighted by molar-refractivity contribution is 7.74. The minimum Gasteiger partial charge on any atom is -0.390 e. The first-order chi connectivity index (χ1) is 22.1. The number of nitrogens with zero attached hydrogens (tertiary/aromatic N) is 4. The number of carbonyl (C=O) groups excluding carboxylic acids is 1. The van der Waals surface area contributed by atoms with Crippen LogP contribution in [0.5, 0.6) is 0 Å². The molecule has 1 aromatic carbocycles. The van der Waals surface area contributed by atoms with Gasteiger partial charge in [0.1, 0.15) is 12.3 Å². The minimum atomic E-state index is -6.16. The smallest absolute Gasteiger partial charge is 0.390 e. The summed E-state index contributed by atoms with van der Waals surface area (Å²) in [4.78, 5) is 67.3. The zero-order valence-corrected chi connectivity index (χ0v) is 26.7. The molecule has 0 radical (unpaired) electrons. The lowest BCUT2D eigenvalue weighted by Crippen LogP contribution is -2.43. The molecule has 4 heterocycles. The molecule has 2 aliphatic heterocycles. The number of aliphatic hydroxyl groups excluding tert-OH is 1.